The fourth-order valence-electron chi connectivity index (χ4n) is 4.04. The summed E-state index contributed by atoms with van der Waals surface area (Å²) in [6, 6.07) is 5.86. The summed E-state index contributed by atoms with van der Waals surface area (Å²) in [7, 11) is 2.12. The number of halogens is 2. The number of aromatic amines is 1. The summed E-state index contributed by atoms with van der Waals surface area (Å²) in [4.78, 5) is 29.0. The summed E-state index contributed by atoms with van der Waals surface area (Å²) in [5.74, 6) is -0.590. The van der Waals surface area contributed by atoms with Crippen LogP contribution >= 0.6 is 0 Å². The number of hydrogen-bond acceptors (Lipinski definition) is 5. The lowest BCUT2D eigenvalue weighted by atomic mass is 10.1. The highest BCUT2D eigenvalue weighted by Gasteiger charge is 2.18. The van der Waals surface area contributed by atoms with Gasteiger partial charge in [-0.2, -0.15) is 0 Å². The number of nitrogens with one attached hydrogen (secondary N) is 2. The number of hydrogen-bond donors (Lipinski definition) is 2. The van der Waals surface area contributed by atoms with Gasteiger partial charge in [0.25, 0.3) is 12.3 Å². The van der Waals surface area contributed by atoms with Crippen molar-refractivity contribution in [3.63, 3.8) is 0 Å². The van der Waals surface area contributed by atoms with Crippen molar-refractivity contribution >= 4 is 28.3 Å². The van der Waals surface area contributed by atoms with Crippen molar-refractivity contribution < 1.29 is 13.6 Å². The van der Waals surface area contributed by atoms with Gasteiger partial charge in [0.15, 0.2) is 0 Å². The van der Waals surface area contributed by atoms with E-state index < -0.39 is 18.9 Å². The second-order valence-electron chi connectivity index (χ2n) is 7.97. The summed E-state index contributed by atoms with van der Waals surface area (Å²) in [5.41, 5.74) is 4.42. The van der Waals surface area contributed by atoms with E-state index in [0.717, 1.165) is 54.0 Å². The van der Waals surface area contributed by atoms with Crippen molar-refractivity contribution in [3.05, 3.63) is 48.7 Å². The lowest BCUT2D eigenvalue weighted by Crippen LogP contribution is -2.44. The van der Waals surface area contributed by atoms with Crippen molar-refractivity contribution in [2.24, 2.45) is 0 Å². The van der Waals surface area contributed by atoms with E-state index in [9.17, 15) is 13.6 Å². The van der Waals surface area contributed by atoms with Crippen LogP contribution in [0.5, 0.6) is 0 Å². The summed E-state index contributed by atoms with van der Waals surface area (Å²) < 4.78 is 26.6. The number of rotatable bonds is 5. The number of nitrogens with zero attached hydrogens (tertiary/aromatic N) is 5. The Morgan fingerprint density at radius 1 is 1.19 bits per heavy atom. The number of alkyl halides is 2. The van der Waals surface area contributed by atoms with Gasteiger partial charge in [-0.25, -0.2) is 18.7 Å². The Bertz CT molecular complexity index is 1270. The summed E-state index contributed by atoms with van der Waals surface area (Å²) >= 11 is 0. The monoisotopic (exact) mass is 439 g/mol. The average molecular weight is 439 g/mol. The summed E-state index contributed by atoms with van der Waals surface area (Å²) in [6.45, 7) is 3.20. The standard InChI is InChI=1S/C22H23F2N7O/c1-29-4-6-30(7-5-29)15-8-16-17(10-27-21(16)26-9-15)14-2-3-20-25-11-18(31(20)13-14)22(32)28-12-19(23)24/h2-3,8-11,13,19H,4-7,12H2,1H3,(H,26,27)(H,28,32). The maximum absolute atomic E-state index is 12.5. The van der Waals surface area contributed by atoms with Crippen LogP contribution in [0.1, 0.15) is 10.5 Å². The Balaban J connectivity index is 1.50. The molecular formula is C22H23F2N7O. The first-order valence-corrected chi connectivity index (χ1v) is 10.4. The molecule has 32 heavy (non-hydrogen) atoms. The van der Waals surface area contributed by atoms with Crippen molar-refractivity contribution in [2.75, 3.05) is 44.7 Å². The van der Waals surface area contributed by atoms with E-state index in [1.54, 1.807) is 16.7 Å². The molecule has 0 spiro atoms. The Kier molecular flexibility index (Phi) is 5.22. The fraction of sp³-hybridized carbons (Fsp3) is 0.318. The van der Waals surface area contributed by atoms with Gasteiger partial charge < -0.3 is 20.1 Å². The molecule has 0 unspecified atom stereocenters. The van der Waals surface area contributed by atoms with Gasteiger partial charge in [0.2, 0.25) is 0 Å². The number of amides is 1. The Hall–Kier alpha value is -3.53. The van der Waals surface area contributed by atoms with Gasteiger partial charge in [-0.05, 0) is 25.2 Å². The molecule has 0 radical (unpaired) electrons. The highest BCUT2D eigenvalue weighted by Crippen LogP contribution is 2.31. The molecule has 1 aliphatic rings. The molecule has 2 N–H and O–H groups in total. The van der Waals surface area contributed by atoms with Gasteiger partial charge in [-0.15, -0.1) is 0 Å². The second kappa shape index (κ2) is 8.19. The maximum Gasteiger partial charge on any atom is 0.270 e. The molecular weight excluding hydrogens is 416 g/mol. The third kappa shape index (κ3) is 3.77. The van der Waals surface area contributed by atoms with Gasteiger partial charge in [0, 0.05) is 55.1 Å². The van der Waals surface area contributed by atoms with Gasteiger partial charge >= 0.3 is 0 Å². The molecule has 5 rings (SSSR count). The molecule has 10 heteroatoms. The topological polar surface area (TPSA) is 81.6 Å². The predicted molar refractivity (Wildman–Crippen MR) is 118 cm³/mol. The zero-order valence-electron chi connectivity index (χ0n) is 17.6. The fourth-order valence-corrected chi connectivity index (χ4v) is 4.04. The molecule has 5 heterocycles. The minimum atomic E-state index is -2.61. The number of anilines is 1. The number of carbonyl (C=O) groups is 1. The molecule has 1 fully saturated rings. The Morgan fingerprint density at radius 3 is 2.78 bits per heavy atom. The van der Waals surface area contributed by atoms with E-state index in [1.165, 1.54) is 6.20 Å². The number of aromatic nitrogens is 4. The quantitative estimate of drug-likeness (QED) is 0.500. The number of carbonyl (C=O) groups excluding carboxylic acids is 1. The molecule has 1 amide bonds. The van der Waals surface area contributed by atoms with Gasteiger partial charge in [-0.1, -0.05) is 0 Å². The van der Waals surface area contributed by atoms with Crippen LogP contribution in [-0.4, -0.2) is 76.4 Å². The zero-order valence-corrected chi connectivity index (χ0v) is 17.6. The third-order valence-electron chi connectivity index (χ3n) is 5.85. The van der Waals surface area contributed by atoms with Crippen LogP contribution in [0.3, 0.4) is 0 Å². The molecule has 0 aliphatic carbocycles. The molecule has 1 saturated heterocycles. The van der Waals surface area contributed by atoms with E-state index in [4.69, 9.17) is 0 Å². The van der Waals surface area contributed by atoms with Crippen molar-refractivity contribution in [1.29, 1.82) is 0 Å². The number of pyridine rings is 2. The Morgan fingerprint density at radius 2 is 2.00 bits per heavy atom. The van der Waals surface area contributed by atoms with E-state index in [-0.39, 0.29) is 5.69 Å². The lowest BCUT2D eigenvalue weighted by Gasteiger charge is -2.33. The third-order valence-corrected chi connectivity index (χ3v) is 5.85. The lowest BCUT2D eigenvalue weighted by molar-refractivity contribution is 0.0886. The van der Waals surface area contributed by atoms with Crippen LogP contribution in [-0.2, 0) is 0 Å². The molecule has 8 nitrogen and oxygen atoms in total. The zero-order chi connectivity index (χ0) is 22.2. The molecule has 4 aromatic rings. The molecule has 0 aromatic carbocycles. The highest BCUT2D eigenvalue weighted by molar-refractivity contribution is 5.96. The van der Waals surface area contributed by atoms with Crippen LogP contribution in [0, 0.1) is 0 Å². The van der Waals surface area contributed by atoms with Crippen molar-refractivity contribution in [1.82, 2.24) is 29.6 Å². The van der Waals surface area contributed by atoms with Crippen LogP contribution in [0.15, 0.2) is 43.0 Å². The molecule has 0 saturated carbocycles. The highest BCUT2D eigenvalue weighted by atomic mass is 19.3. The van der Waals surface area contributed by atoms with Gasteiger partial charge in [0.1, 0.15) is 17.0 Å². The first-order valence-electron chi connectivity index (χ1n) is 10.4. The largest absolute Gasteiger partial charge is 0.368 e. The van der Waals surface area contributed by atoms with E-state index >= 15 is 0 Å². The summed E-state index contributed by atoms with van der Waals surface area (Å²) in [5, 5.41) is 3.21. The number of fused-ring (bicyclic) bond motifs is 2. The number of piperazine rings is 1. The number of imidazole rings is 1. The van der Waals surface area contributed by atoms with Gasteiger partial charge in [-0.3, -0.25) is 9.20 Å². The molecule has 166 valence electrons. The van der Waals surface area contributed by atoms with Crippen molar-refractivity contribution in [2.45, 2.75) is 6.43 Å². The first-order chi connectivity index (χ1) is 15.5. The molecule has 4 aromatic heterocycles. The molecule has 0 bridgehead atoms. The SMILES string of the molecule is CN1CCN(c2cnc3[nH]cc(-c4ccc5ncc(C(=O)NCC(F)F)n5c4)c3c2)CC1. The number of likely N-dealkylation sites (N-methyl/N-ethyl adjacent to an activating group) is 1. The van der Waals surface area contributed by atoms with E-state index in [2.05, 4.69) is 43.2 Å². The summed E-state index contributed by atoms with van der Waals surface area (Å²) in [6.07, 6.45) is 4.35. The van der Waals surface area contributed by atoms with E-state index in [0.29, 0.717) is 5.65 Å². The predicted octanol–water partition coefficient (Wildman–Crippen LogP) is 2.62. The minimum Gasteiger partial charge on any atom is -0.368 e. The minimum absolute atomic E-state index is 0.207. The smallest absolute Gasteiger partial charge is 0.270 e. The maximum atomic E-state index is 12.5. The normalized spacial score (nSPS) is 15.2. The van der Waals surface area contributed by atoms with Crippen molar-refractivity contribution in [3.8, 4) is 11.1 Å². The Labute approximate surface area is 182 Å². The van der Waals surface area contributed by atoms with Crippen LogP contribution in [0.25, 0.3) is 27.8 Å². The van der Waals surface area contributed by atoms with Crippen LogP contribution < -0.4 is 10.2 Å². The first kappa shape index (κ1) is 20.4. The molecule has 0 atom stereocenters. The average Bonchev–Trinajstić information content (AvgIpc) is 3.41. The molecule has 1 aliphatic heterocycles. The van der Waals surface area contributed by atoms with Gasteiger partial charge in [0.05, 0.1) is 24.6 Å². The number of H-pyrrole nitrogens is 1. The second-order valence-corrected chi connectivity index (χ2v) is 7.97. The van der Waals surface area contributed by atoms with Crippen LogP contribution in [0.2, 0.25) is 0 Å². The van der Waals surface area contributed by atoms with Crippen LogP contribution in [0.4, 0.5) is 14.5 Å². The van der Waals surface area contributed by atoms with E-state index in [1.807, 2.05) is 18.5 Å².